The van der Waals surface area contributed by atoms with Gasteiger partial charge in [-0.15, -0.1) is 0 Å². The van der Waals surface area contributed by atoms with Crippen LogP contribution in [0.25, 0.3) is 0 Å². The summed E-state index contributed by atoms with van der Waals surface area (Å²) in [5.74, 6) is -4.82. The molecule has 6 heteroatoms. The Hall–Kier alpha value is -1.98. The Balaban J connectivity index is 2.67. The Morgan fingerprint density at radius 3 is 2.61 bits per heavy atom. The van der Waals surface area contributed by atoms with Gasteiger partial charge in [-0.1, -0.05) is 6.58 Å². The van der Waals surface area contributed by atoms with Crippen molar-refractivity contribution in [1.29, 1.82) is 0 Å². The van der Waals surface area contributed by atoms with Crippen molar-refractivity contribution in [2.75, 3.05) is 18.5 Å². The van der Waals surface area contributed by atoms with E-state index in [1.807, 2.05) is 0 Å². The molecule has 0 heterocycles. The number of carbonyl (C=O) groups excluding carboxylic acids is 1. The fourth-order valence-corrected chi connectivity index (χ4v) is 1.17. The zero-order valence-corrected chi connectivity index (χ0v) is 9.73. The molecule has 0 spiro atoms. The maximum Gasteiger partial charge on any atom is 0.335 e. The third-order valence-electron chi connectivity index (χ3n) is 2.09. The van der Waals surface area contributed by atoms with E-state index >= 15 is 0 Å². The standard InChI is InChI=1S/C12H12F3NO2/c1-3-18-12(17)7(2)6-16-9-5-4-8(13)10(14)11(9)15/h4-5,16H,2-3,6H2,1H3. The number of nitrogens with one attached hydrogen (secondary N) is 1. The topological polar surface area (TPSA) is 38.3 Å². The summed E-state index contributed by atoms with van der Waals surface area (Å²) in [7, 11) is 0. The lowest BCUT2D eigenvalue weighted by atomic mass is 10.2. The number of carbonyl (C=O) groups is 1. The average molecular weight is 259 g/mol. The highest BCUT2D eigenvalue weighted by Gasteiger charge is 2.14. The van der Waals surface area contributed by atoms with Gasteiger partial charge in [0.15, 0.2) is 17.5 Å². The van der Waals surface area contributed by atoms with E-state index in [0.29, 0.717) is 0 Å². The number of halogens is 3. The highest BCUT2D eigenvalue weighted by Crippen LogP contribution is 2.19. The molecule has 0 saturated heterocycles. The van der Waals surface area contributed by atoms with Gasteiger partial charge in [0.2, 0.25) is 0 Å². The molecule has 0 radical (unpaired) electrons. The van der Waals surface area contributed by atoms with Gasteiger partial charge in [0, 0.05) is 12.1 Å². The number of hydrogen-bond acceptors (Lipinski definition) is 3. The van der Waals surface area contributed by atoms with E-state index in [9.17, 15) is 18.0 Å². The number of hydrogen-bond donors (Lipinski definition) is 1. The van der Waals surface area contributed by atoms with E-state index in [1.54, 1.807) is 6.92 Å². The SMILES string of the molecule is C=C(CNc1ccc(F)c(F)c1F)C(=O)OCC. The summed E-state index contributed by atoms with van der Waals surface area (Å²) in [6.07, 6.45) is 0. The van der Waals surface area contributed by atoms with Crippen LogP contribution in [0.5, 0.6) is 0 Å². The summed E-state index contributed by atoms with van der Waals surface area (Å²) >= 11 is 0. The average Bonchev–Trinajstić information content (AvgIpc) is 2.35. The number of ether oxygens (including phenoxy) is 1. The molecule has 0 amide bonds. The van der Waals surface area contributed by atoms with E-state index in [-0.39, 0.29) is 24.4 Å². The second kappa shape index (κ2) is 6.09. The van der Waals surface area contributed by atoms with Gasteiger partial charge in [0.1, 0.15) is 0 Å². The van der Waals surface area contributed by atoms with Crippen LogP contribution in [0.1, 0.15) is 6.92 Å². The Labute approximate surface area is 102 Å². The molecule has 98 valence electrons. The third-order valence-corrected chi connectivity index (χ3v) is 2.09. The number of esters is 1. The predicted octanol–water partition coefficient (Wildman–Crippen LogP) is 2.64. The molecule has 1 aromatic carbocycles. The number of anilines is 1. The first-order valence-corrected chi connectivity index (χ1v) is 5.19. The van der Waals surface area contributed by atoms with Crippen molar-refractivity contribution >= 4 is 11.7 Å². The quantitative estimate of drug-likeness (QED) is 0.502. The first-order chi connectivity index (χ1) is 8.47. The van der Waals surface area contributed by atoms with Crippen molar-refractivity contribution in [2.24, 2.45) is 0 Å². The summed E-state index contributed by atoms with van der Waals surface area (Å²) in [5, 5.41) is 2.44. The van der Waals surface area contributed by atoms with Crippen molar-refractivity contribution in [1.82, 2.24) is 0 Å². The minimum absolute atomic E-state index is 0.0565. The molecule has 3 nitrogen and oxygen atoms in total. The Kier molecular flexibility index (Phi) is 4.76. The molecular formula is C12H12F3NO2. The Morgan fingerprint density at radius 1 is 1.33 bits per heavy atom. The van der Waals surface area contributed by atoms with Crippen molar-refractivity contribution in [3.8, 4) is 0 Å². The molecule has 0 aromatic heterocycles. The van der Waals surface area contributed by atoms with Crippen LogP contribution in [0.3, 0.4) is 0 Å². The zero-order valence-electron chi connectivity index (χ0n) is 9.73. The number of benzene rings is 1. The summed E-state index contributed by atoms with van der Waals surface area (Å²) in [6.45, 7) is 5.13. The van der Waals surface area contributed by atoms with Crippen LogP contribution in [-0.2, 0) is 9.53 Å². The highest BCUT2D eigenvalue weighted by atomic mass is 19.2. The second-order valence-electron chi connectivity index (χ2n) is 3.40. The van der Waals surface area contributed by atoms with Gasteiger partial charge in [0.05, 0.1) is 12.3 Å². The van der Waals surface area contributed by atoms with Crippen LogP contribution in [0, 0.1) is 17.5 Å². The summed E-state index contributed by atoms with van der Waals surface area (Å²) < 4.78 is 43.4. The molecular weight excluding hydrogens is 247 g/mol. The summed E-state index contributed by atoms with van der Waals surface area (Å²) in [6, 6.07) is 1.82. The van der Waals surface area contributed by atoms with Crippen molar-refractivity contribution in [2.45, 2.75) is 6.92 Å². The van der Waals surface area contributed by atoms with Crippen LogP contribution in [-0.4, -0.2) is 19.1 Å². The minimum Gasteiger partial charge on any atom is -0.463 e. The summed E-state index contributed by atoms with van der Waals surface area (Å²) in [5.41, 5.74) is -0.194. The van der Waals surface area contributed by atoms with Crippen LogP contribution < -0.4 is 5.32 Å². The van der Waals surface area contributed by atoms with Gasteiger partial charge in [-0.05, 0) is 19.1 Å². The first-order valence-electron chi connectivity index (χ1n) is 5.19. The van der Waals surface area contributed by atoms with Gasteiger partial charge in [-0.25, -0.2) is 18.0 Å². The maximum absolute atomic E-state index is 13.2. The fraction of sp³-hybridized carbons (Fsp3) is 0.250. The highest BCUT2D eigenvalue weighted by molar-refractivity contribution is 5.88. The van der Waals surface area contributed by atoms with E-state index in [0.717, 1.165) is 12.1 Å². The van der Waals surface area contributed by atoms with Crippen LogP contribution in [0.2, 0.25) is 0 Å². The van der Waals surface area contributed by atoms with Crippen molar-refractivity contribution in [3.05, 3.63) is 41.7 Å². The largest absolute Gasteiger partial charge is 0.463 e. The van der Waals surface area contributed by atoms with E-state index in [4.69, 9.17) is 0 Å². The summed E-state index contributed by atoms with van der Waals surface area (Å²) in [4.78, 5) is 11.2. The second-order valence-corrected chi connectivity index (χ2v) is 3.40. The lowest BCUT2D eigenvalue weighted by molar-refractivity contribution is -0.138. The van der Waals surface area contributed by atoms with Gasteiger partial charge >= 0.3 is 5.97 Å². The normalized spacial score (nSPS) is 10.0. The monoisotopic (exact) mass is 259 g/mol. The molecule has 1 aromatic rings. The third kappa shape index (κ3) is 3.26. The van der Waals surface area contributed by atoms with Gasteiger partial charge in [-0.2, -0.15) is 0 Å². The Bertz CT molecular complexity index is 475. The van der Waals surface area contributed by atoms with Gasteiger partial charge in [-0.3, -0.25) is 0 Å². The molecule has 0 aliphatic rings. The number of rotatable bonds is 5. The van der Waals surface area contributed by atoms with Gasteiger partial charge in [0.25, 0.3) is 0 Å². The van der Waals surface area contributed by atoms with E-state index in [2.05, 4.69) is 16.6 Å². The molecule has 0 fully saturated rings. The first kappa shape index (κ1) is 14.1. The molecule has 18 heavy (non-hydrogen) atoms. The fourth-order valence-electron chi connectivity index (χ4n) is 1.17. The zero-order chi connectivity index (χ0) is 13.7. The lowest BCUT2D eigenvalue weighted by Crippen LogP contribution is -2.15. The molecule has 0 aliphatic carbocycles. The van der Waals surface area contributed by atoms with Crippen molar-refractivity contribution in [3.63, 3.8) is 0 Å². The Morgan fingerprint density at radius 2 is 2.00 bits per heavy atom. The molecule has 0 saturated carbocycles. The predicted molar refractivity (Wildman–Crippen MR) is 60.6 cm³/mol. The smallest absolute Gasteiger partial charge is 0.335 e. The molecule has 0 aliphatic heterocycles. The molecule has 1 rings (SSSR count). The van der Waals surface area contributed by atoms with Crippen LogP contribution >= 0.6 is 0 Å². The molecule has 0 atom stereocenters. The molecule has 0 unspecified atom stereocenters. The van der Waals surface area contributed by atoms with Gasteiger partial charge < -0.3 is 10.1 Å². The van der Waals surface area contributed by atoms with E-state index in [1.165, 1.54) is 0 Å². The lowest BCUT2D eigenvalue weighted by Gasteiger charge is -2.09. The van der Waals surface area contributed by atoms with Crippen molar-refractivity contribution < 1.29 is 22.7 Å². The molecule has 0 bridgehead atoms. The van der Waals surface area contributed by atoms with E-state index < -0.39 is 23.4 Å². The molecule has 1 N–H and O–H groups in total. The minimum atomic E-state index is -1.57. The van der Waals surface area contributed by atoms with Crippen LogP contribution in [0.4, 0.5) is 18.9 Å². The van der Waals surface area contributed by atoms with Crippen LogP contribution in [0.15, 0.2) is 24.3 Å². The maximum atomic E-state index is 13.2.